The van der Waals surface area contributed by atoms with Crippen LogP contribution in [0.15, 0.2) is 69.6 Å². The van der Waals surface area contributed by atoms with Crippen LogP contribution in [0.1, 0.15) is 24.1 Å². The Morgan fingerprint density at radius 3 is 2.74 bits per heavy atom. The van der Waals surface area contributed by atoms with E-state index >= 15 is 0 Å². The molecule has 0 radical (unpaired) electrons. The van der Waals surface area contributed by atoms with Gasteiger partial charge < -0.3 is 14.2 Å². The number of aromatic nitrogens is 1. The molecular weight excluding hydrogens is 416 g/mol. The van der Waals surface area contributed by atoms with Crippen LogP contribution < -0.4 is 24.4 Å². The van der Waals surface area contributed by atoms with Crippen molar-refractivity contribution in [2.24, 2.45) is 4.99 Å². The Bertz CT molecular complexity index is 1400. The number of hydrogen-bond donors (Lipinski definition) is 0. The van der Waals surface area contributed by atoms with Crippen LogP contribution in [0.2, 0.25) is 0 Å². The van der Waals surface area contributed by atoms with Crippen LogP contribution in [0, 0.1) is 0 Å². The van der Waals surface area contributed by atoms with Crippen molar-refractivity contribution in [1.29, 1.82) is 0 Å². The standard InChI is InChI=1S/C23H18N2O5S/c1-13-19(22(27)28-2)20(15-6-4-3-5-7-15)25-21(26)18(31-23(25)24-13)11-14-8-9-16-17(10-14)30-12-29-16/h3-11,20H,12H2,1-2H3/b18-11-. The number of benzene rings is 2. The highest BCUT2D eigenvalue weighted by atomic mass is 32.1. The molecular formula is C23H18N2O5S. The number of nitrogens with zero attached hydrogens (tertiary/aromatic N) is 2. The first kappa shape index (κ1) is 19.3. The molecule has 3 aromatic rings. The van der Waals surface area contributed by atoms with Gasteiger partial charge in [-0.2, -0.15) is 0 Å². The van der Waals surface area contributed by atoms with E-state index in [0.717, 1.165) is 11.1 Å². The second-order valence-corrected chi connectivity index (χ2v) is 8.11. The number of fused-ring (bicyclic) bond motifs is 2. The quantitative estimate of drug-likeness (QED) is 0.590. The molecule has 0 bridgehead atoms. The Morgan fingerprint density at radius 2 is 1.97 bits per heavy atom. The summed E-state index contributed by atoms with van der Waals surface area (Å²) in [5.74, 6) is 0.827. The first-order valence-electron chi connectivity index (χ1n) is 9.62. The van der Waals surface area contributed by atoms with E-state index in [-0.39, 0.29) is 12.4 Å². The van der Waals surface area contributed by atoms with Gasteiger partial charge in [0.2, 0.25) is 6.79 Å². The first-order chi connectivity index (χ1) is 15.1. The van der Waals surface area contributed by atoms with Crippen molar-refractivity contribution in [2.75, 3.05) is 13.9 Å². The summed E-state index contributed by atoms with van der Waals surface area (Å²) in [6.45, 7) is 1.95. The molecule has 156 valence electrons. The van der Waals surface area contributed by atoms with E-state index in [4.69, 9.17) is 14.2 Å². The predicted molar refractivity (Wildman–Crippen MR) is 115 cm³/mol. The maximum atomic E-state index is 13.5. The summed E-state index contributed by atoms with van der Waals surface area (Å²) in [6, 6.07) is 14.3. The number of carbonyl (C=O) groups excluding carboxylic acids is 1. The fourth-order valence-corrected chi connectivity index (χ4v) is 4.84. The molecule has 3 heterocycles. The molecule has 1 unspecified atom stereocenters. The van der Waals surface area contributed by atoms with Crippen molar-refractivity contribution in [3.63, 3.8) is 0 Å². The Kier molecular flexibility index (Phi) is 4.71. The highest BCUT2D eigenvalue weighted by Gasteiger charge is 2.32. The fourth-order valence-electron chi connectivity index (χ4n) is 3.80. The molecule has 2 aliphatic heterocycles. The Labute approximate surface area is 181 Å². The lowest BCUT2D eigenvalue weighted by Crippen LogP contribution is -2.39. The van der Waals surface area contributed by atoms with Crippen LogP contribution in [0.3, 0.4) is 0 Å². The van der Waals surface area contributed by atoms with Gasteiger partial charge in [0, 0.05) is 0 Å². The fraction of sp³-hybridized carbons (Fsp3) is 0.174. The molecule has 2 aliphatic rings. The lowest BCUT2D eigenvalue weighted by Gasteiger charge is -2.24. The lowest BCUT2D eigenvalue weighted by atomic mass is 9.96. The summed E-state index contributed by atoms with van der Waals surface area (Å²) in [7, 11) is 1.33. The van der Waals surface area contributed by atoms with Crippen molar-refractivity contribution >= 4 is 23.4 Å². The van der Waals surface area contributed by atoms with E-state index in [9.17, 15) is 9.59 Å². The zero-order valence-corrected chi connectivity index (χ0v) is 17.6. The second kappa shape index (κ2) is 7.55. The molecule has 0 amide bonds. The number of allylic oxidation sites excluding steroid dienone is 1. The monoisotopic (exact) mass is 434 g/mol. The summed E-state index contributed by atoms with van der Waals surface area (Å²) >= 11 is 1.28. The van der Waals surface area contributed by atoms with Gasteiger partial charge in [0.05, 0.1) is 29.0 Å². The van der Waals surface area contributed by atoms with Gasteiger partial charge in [0.1, 0.15) is 0 Å². The first-order valence-corrected chi connectivity index (χ1v) is 10.4. The molecule has 31 heavy (non-hydrogen) atoms. The Hall–Kier alpha value is -3.65. The zero-order chi connectivity index (χ0) is 21.5. The van der Waals surface area contributed by atoms with Crippen LogP contribution in [0.25, 0.3) is 6.08 Å². The van der Waals surface area contributed by atoms with Crippen molar-refractivity contribution in [2.45, 2.75) is 13.0 Å². The predicted octanol–water partition coefficient (Wildman–Crippen LogP) is 2.14. The maximum absolute atomic E-state index is 13.5. The minimum Gasteiger partial charge on any atom is -0.466 e. The lowest BCUT2D eigenvalue weighted by molar-refractivity contribution is -0.136. The summed E-state index contributed by atoms with van der Waals surface area (Å²) in [5, 5.41) is 0. The topological polar surface area (TPSA) is 79.1 Å². The van der Waals surface area contributed by atoms with Gasteiger partial charge in [-0.05, 0) is 36.3 Å². The molecule has 0 saturated heterocycles. The third-order valence-electron chi connectivity index (χ3n) is 5.24. The van der Waals surface area contributed by atoms with E-state index in [1.165, 1.54) is 18.4 Å². The number of esters is 1. The average molecular weight is 434 g/mol. The van der Waals surface area contributed by atoms with Crippen LogP contribution in [-0.2, 0) is 9.53 Å². The Morgan fingerprint density at radius 1 is 1.19 bits per heavy atom. The van der Waals surface area contributed by atoms with Crippen LogP contribution >= 0.6 is 11.3 Å². The number of methoxy groups -OCH3 is 1. The van der Waals surface area contributed by atoms with Gasteiger partial charge in [-0.3, -0.25) is 9.36 Å². The zero-order valence-electron chi connectivity index (χ0n) is 16.8. The number of hydrogen-bond acceptors (Lipinski definition) is 7. The molecule has 1 aromatic heterocycles. The maximum Gasteiger partial charge on any atom is 0.338 e. The average Bonchev–Trinajstić information content (AvgIpc) is 3.37. The highest BCUT2D eigenvalue weighted by molar-refractivity contribution is 7.07. The third-order valence-corrected chi connectivity index (χ3v) is 6.22. The van der Waals surface area contributed by atoms with Gasteiger partial charge in [0.15, 0.2) is 16.3 Å². The molecule has 2 aromatic carbocycles. The largest absolute Gasteiger partial charge is 0.466 e. The van der Waals surface area contributed by atoms with Gasteiger partial charge >= 0.3 is 5.97 Å². The molecule has 0 aliphatic carbocycles. The molecule has 0 fully saturated rings. The van der Waals surface area contributed by atoms with Crippen molar-refractivity contribution in [3.8, 4) is 11.5 Å². The van der Waals surface area contributed by atoms with Crippen LogP contribution in [0.4, 0.5) is 0 Å². The number of carbonyl (C=O) groups is 1. The molecule has 7 nitrogen and oxygen atoms in total. The van der Waals surface area contributed by atoms with E-state index in [1.54, 1.807) is 17.6 Å². The van der Waals surface area contributed by atoms with E-state index in [2.05, 4.69) is 4.99 Å². The minimum atomic E-state index is -0.608. The summed E-state index contributed by atoms with van der Waals surface area (Å²) < 4.78 is 17.9. The molecule has 0 saturated carbocycles. The SMILES string of the molecule is COC(=O)C1=C(C)N=c2s/c(=C\c3ccc4c(c3)OCO4)c(=O)n2C1c1ccccc1. The van der Waals surface area contributed by atoms with Crippen LogP contribution in [-0.4, -0.2) is 24.4 Å². The number of thiazole rings is 1. The van der Waals surface area contributed by atoms with Gasteiger partial charge in [0.25, 0.3) is 5.56 Å². The molecule has 8 heteroatoms. The van der Waals surface area contributed by atoms with Gasteiger partial charge in [-0.1, -0.05) is 47.7 Å². The summed E-state index contributed by atoms with van der Waals surface area (Å²) in [6.07, 6.45) is 1.80. The molecule has 5 rings (SSSR count). The normalized spacial score (nSPS) is 17.4. The summed E-state index contributed by atoms with van der Waals surface area (Å²) in [5.41, 5.74) is 2.30. The van der Waals surface area contributed by atoms with Gasteiger partial charge in [-0.25, -0.2) is 9.79 Å². The molecule has 0 N–H and O–H groups in total. The van der Waals surface area contributed by atoms with Gasteiger partial charge in [-0.15, -0.1) is 0 Å². The third kappa shape index (κ3) is 3.25. The van der Waals surface area contributed by atoms with E-state index in [1.807, 2.05) is 48.5 Å². The molecule has 0 spiro atoms. The van der Waals surface area contributed by atoms with Crippen molar-refractivity contribution in [3.05, 3.63) is 90.6 Å². The van der Waals surface area contributed by atoms with Crippen molar-refractivity contribution < 1.29 is 19.0 Å². The summed E-state index contributed by atoms with van der Waals surface area (Å²) in [4.78, 5) is 31.1. The van der Waals surface area contributed by atoms with E-state index < -0.39 is 12.0 Å². The number of rotatable bonds is 3. The molecule has 1 atom stereocenters. The van der Waals surface area contributed by atoms with E-state index in [0.29, 0.717) is 32.1 Å². The number of ether oxygens (including phenoxy) is 3. The van der Waals surface area contributed by atoms with Crippen molar-refractivity contribution in [1.82, 2.24) is 4.57 Å². The minimum absolute atomic E-state index is 0.188. The second-order valence-electron chi connectivity index (χ2n) is 7.10. The smallest absolute Gasteiger partial charge is 0.338 e. The Balaban J connectivity index is 1.71. The van der Waals surface area contributed by atoms with Crippen LogP contribution in [0.5, 0.6) is 11.5 Å². The highest BCUT2D eigenvalue weighted by Crippen LogP contribution is 2.33.